The molecule has 28 heavy (non-hydrogen) atoms. The van der Waals surface area contributed by atoms with Gasteiger partial charge in [0.15, 0.2) is 0 Å². The Kier molecular flexibility index (Phi) is 9.11. The number of benzene rings is 1. The Morgan fingerprint density at radius 2 is 1.79 bits per heavy atom. The van der Waals surface area contributed by atoms with Crippen molar-refractivity contribution in [1.29, 1.82) is 0 Å². The van der Waals surface area contributed by atoms with Crippen LogP contribution < -0.4 is 20.9 Å². The third kappa shape index (κ3) is 7.41. The summed E-state index contributed by atoms with van der Waals surface area (Å²) in [5.41, 5.74) is 1.96. The van der Waals surface area contributed by atoms with Gasteiger partial charge in [-0.15, -0.1) is 0 Å². The number of hydrogen-bond acceptors (Lipinski definition) is 3. The van der Waals surface area contributed by atoms with Crippen LogP contribution in [0.1, 0.15) is 65.7 Å². The van der Waals surface area contributed by atoms with Crippen molar-refractivity contribution >= 4 is 23.3 Å². The molecule has 1 fully saturated rings. The van der Waals surface area contributed by atoms with Crippen LogP contribution in [0.15, 0.2) is 24.3 Å². The largest absolute Gasteiger partial charge is 0.369 e. The summed E-state index contributed by atoms with van der Waals surface area (Å²) in [5.74, 6) is -0.0292. The Morgan fingerprint density at radius 3 is 2.39 bits per heavy atom. The molecule has 156 valence electrons. The molecule has 6 nitrogen and oxygen atoms in total. The van der Waals surface area contributed by atoms with Gasteiger partial charge in [-0.05, 0) is 64.3 Å². The van der Waals surface area contributed by atoms with Crippen LogP contribution in [-0.2, 0) is 4.79 Å². The molecule has 0 unspecified atom stereocenters. The third-order valence-corrected chi connectivity index (χ3v) is 5.25. The lowest BCUT2D eigenvalue weighted by Crippen LogP contribution is -2.43. The molecule has 3 amide bonds. The lowest BCUT2D eigenvalue weighted by Gasteiger charge is -2.27. The molecular weight excluding hydrogens is 352 g/mol. The highest BCUT2D eigenvalue weighted by Gasteiger charge is 2.15. The van der Waals surface area contributed by atoms with Gasteiger partial charge in [0.25, 0.3) is 0 Å². The normalized spacial score (nSPS) is 14.6. The maximum absolute atomic E-state index is 12.1. The highest BCUT2D eigenvalue weighted by Crippen LogP contribution is 2.20. The second-order valence-electron chi connectivity index (χ2n) is 7.81. The minimum absolute atomic E-state index is 0.0292. The van der Waals surface area contributed by atoms with Crippen molar-refractivity contribution < 1.29 is 9.59 Å². The van der Waals surface area contributed by atoms with Crippen LogP contribution in [0.5, 0.6) is 0 Å². The fraction of sp³-hybridized carbons (Fsp3) is 0.636. The van der Waals surface area contributed by atoms with E-state index in [1.54, 1.807) is 0 Å². The van der Waals surface area contributed by atoms with Crippen LogP contribution in [0.25, 0.3) is 0 Å². The highest BCUT2D eigenvalue weighted by molar-refractivity contribution is 5.90. The van der Waals surface area contributed by atoms with E-state index < -0.39 is 0 Å². The molecular formula is C22H36N4O2. The first kappa shape index (κ1) is 22.1. The molecule has 2 rings (SSSR count). The summed E-state index contributed by atoms with van der Waals surface area (Å²) in [5, 5.41) is 8.79. The van der Waals surface area contributed by atoms with E-state index in [2.05, 4.69) is 41.6 Å². The predicted octanol–water partition coefficient (Wildman–Crippen LogP) is 4.27. The molecule has 1 saturated carbocycles. The van der Waals surface area contributed by atoms with Crippen molar-refractivity contribution in [2.75, 3.05) is 23.3 Å². The van der Waals surface area contributed by atoms with Crippen LogP contribution in [0.3, 0.4) is 0 Å². The number of hydrogen-bond donors (Lipinski definition) is 3. The minimum atomic E-state index is -0.117. The van der Waals surface area contributed by atoms with Crippen molar-refractivity contribution in [3.8, 4) is 0 Å². The fourth-order valence-corrected chi connectivity index (χ4v) is 3.74. The maximum Gasteiger partial charge on any atom is 0.315 e. The SMILES string of the molecule is CCN(c1ccc(NC(=O)CCCNC(=O)NC2CCCCC2)cc1)C(C)C. The first-order valence-electron chi connectivity index (χ1n) is 10.7. The van der Waals surface area contributed by atoms with E-state index in [-0.39, 0.29) is 11.9 Å². The van der Waals surface area contributed by atoms with Gasteiger partial charge in [-0.25, -0.2) is 4.79 Å². The molecule has 1 aromatic rings. The zero-order valence-corrected chi connectivity index (χ0v) is 17.6. The molecule has 0 aromatic heterocycles. The predicted molar refractivity (Wildman–Crippen MR) is 116 cm³/mol. The number of amides is 3. The third-order valence-electron chi connectivity index (χ3n) is 5.25. The van der Waals surface area contributed by atoms with Gasteiger partial charge >= 0.3 is 6.03 Å². The number of urea groups is 1. The summed E-state index contributed by atoms with van der Waals surface area (Å²) in [6.45, 7) is 7.93. The van der Waals surface area contributed by atoms with Crippen molar-refractivity contribution in [2.45, 2.75) is 77.8 Å². The van der Waals surface area contributed by atoms with Crippen LogP contribution in [0, 0.1) is 0 Å². The molecule has 0 aliphatic heterocycles. The summed E-state index contributed by atoms with van der Waals surface area (Å²) in [6.07, 6.45) is 6.81. The second kappa shape index (κ2) is 11.6. The molecule has 0 spiro atoms. The molecule has 1 aromatic carbocycles. The van der Waals surface area contributed by atoms with Gasteiger partial charge in [-0.2, -0.15) is 0 Å². The Morgan fingerprint density at radius 1 is 1.11 bits per heavy atom. The molecule has 0 heterocycles. The van der Waals surface area contributed by atoms with Gasteiger partial charge in [0.1, 0.15) is 0 Å². The summed E-state index contributed by atoms with van der Waals surface area (Å²) >= 11 is 0. The topological polar surface area (TPSA) is 73.5 Å². The maximum atomic E-state index is 12.1. The lowest BCUT2D eigenvalue weighted by atomic mass is 9.96. The van der Waals surface area contributed by atoms with Gasteiger partial charge in [-0.3, -0.25) is 4.79 Å². The van der Waals surface area contributed by atoms with Gasteiger partial charge in [0.2, 0.25) is 5.91 Å². The lowest BCUT2D eigenvalue weighted by molar-refractivity contribution is -0.116. The Balaban J connectivity index is 1.64. The van der Waals surface area contributed by atoms with E-state index in [1.807, 2.05) is 24.3 Å². The van der Waals surface area contributed by atoms with Crippen molar-refractivity contribution in [1.82, 2.24) is 10.6 Å². The summed E-state index contributed by atoms with van der Waals surface area (Å²) < 4.78 is 0. The highest BCUT2D eigenvalue weighted by atomic mass is 16.2. The molecule has 1 aliphatic carbocycles. The molecule has 3 N–H and O–H groups in total. The summed E-state index contributed by atoms with van der Waals surface area (Å²) in [6, 6.07) is 8.58. The second-order valence-corrected chi connectivity index (χ2v) is 7.81. The van der Waals surface area contributed by atoms with E-state index in [4.69, 9.17) is 0 Å². The first-order valence-corrected chi connectivity index (χ1v) is 10.7. The Labute approximate surface area is 169 Å². The zero-order chi connectivity index (χ0) is 20.4. The number of nitrogens with one attached hydrogen (secondary N) is 3. The molecule has 0 bridgehead atoms. The van der Waals surface area contributed by atoms with Gasteiger partial charge in [0.05, 0.1) is 0 Å². The van der Waals surface area contributed by atoms with E-state index >= 15 is 0 Å². The monoisotopic (exact) mass is 388 g/mol. The molecule has 1 aliphatic rings. The summed E-state index contributed by atoms with van der Waals surface area (Å²) in [7, 11) is 0. The van der Waals surface area contributed by atoms with Crippen LogP contribution in [0.4, 0.5) is 16.2 Å². The average molecular weight is 389 g/mol. The Hall–Kier alpha value is -2.24. The number of nitrogens with zero attached hydrogens (tertiary/aromatic N) is 1. The van der Waals surface area contributed by atoms with Gasteiger partial charge in [-0.1, -0.05) is 19.3 Å². The molecule has 0 saturated heterocycles. The van der Waals surface area contributed by atoms with Crippen molar-refractivity contribution in [3.63, 3.8) is 0 Å². The molecule has 0 atom stereocenters. The van der Waals surface area contributed by atoms with E-state index in [9.17, 15) is 9.59 Å². The number of carbonyl (C=O) groups excluding carboxylic acids is 2. The van der Waals surface area contributed by atoms with E-state index in [1.165, 1.54) is 19.3 Å². The first-order chi connectivity index (χ1) is 13.5. The average Bonchev–Trinajstić information content (AvgIpc) is 2.68. The quantitative estimate of drug-likeness (QED) is 0.553. The minimum Gasteiger partial charge on any atom is -0.369 e. The van der Waals surface area contributed by atoms with E-state index in [0.717, 1.165) is 30.8 Å². The van der Waals surface area contributed by atoms with Crippen LogP contribution in [-0.4, -0.2) is 37.1 Å². The van der Waals surface area contributed by atoms with Gasteiger partial charge < -0.3 is 20.9 Å². The molecule has 0 radical (unpaired) electrons. The van der Waals surface area contributed by atoms with Crippen LogP contribution in [0.2, 0.25) is 0 Å². The number of carbonyl (C=O) groups is 2. The fourth-order valence-electron chi connectivity index (χ4n) is 3.74. The standard InChI is InChI=1S/C22H36N4O2/c1-4-26(17(2)3)20-14-12-19(13-15-20)24-21(27)11-8-16-23-22(28)25-18-9-6-5-7-10-18/h12-15,17-18H,4-11,16H2,1-3H3,(H,24,27)(H2,23,25,28). The summed E-state index contributed by atoms with van der Waals surface area (Å²) in [4.78, 5) is 26.3. The number of rotatable bonds is 9. The van der Waals surface area contributed by atoms with E-state index in [0.29, 0.717) is 31.5 Å². The zero-order valence-electron chi connectivity index (χ0n) is 17.6. The molecule has 6 heteroatoms. The smallest absolute Gasteiger partial charge is 0.315 e. The van der Waals surface area contributed by atoms with Gasteiger partial charge in [0, 0.05) is 43.0 Å². The van der Waals surface area contributed by atoms with Crippen molar-refractivity contribution in [3.05, 3.63) is 24.3 Å². The Bertz CT molecular complexity index is 609. The van der Waals surface area contributed by atoms with Crippen LogP contribution >= 0.6 is 0 Å². The van der Waals surface area contributed by atoms with Crippen molar-refractivity contribution in [2.24, 2.45) is 0 Å². The number of anilines is 2.